The number of hydrogen-bond acceptors (Lipinski definition) is 4. The number of rotatable bonds is 9. The van der Waals surface area contributed by atoms with Gasteiger partial charge in [-0.25, -0.2) is 0 Å². The second-order valence-electron chi connectivity index (χ2n) is 6.60. The molecule has 0 saturated heterocycles. The van der Waals surface area contributed by atoms with Crippen molar-refractivity contribution in [3.05, 3.63) is 65.7 Å². The average molecular weight is 367 g/mol. The van der Waals surface area contributed by atoms with Gasteiger partial charge in [0.05, 0.1) is 6.61 Å². The molecule has 142 valence electrons. The molecule has 0 aliphatic heterocycles. The van der Waals surface area contributed by atoms with Gasteiger partial charge in [0.25, 0.3) is 5.91 Å². The highest BCUT2D eigenvalue weighted by Crippen LogP contribution is 2.24. The van der Waals surface area contributed by atoms with Crippen LogP contribution < -0.4 is 10.1 Å². The smallest absolute Gasteiger partial charge is 0.307 e. The van der Waals surface area contributed by atoms with Crippen molar-refractivity contribution in [1.82, 2.24) is 5.32 Å². The first-order chi connectivity index (χ1) is 13.2. The molecule has 5 nitrogen and oxygen atoms in total. The standard InChI is InChI=1S/C22H25NO4/c1-2-26-19-11-7-6-8-16(19)12-15-20(24)27-21(17-9-4-3-5-10-17)22(25)23-18-13-14-18/h3-11,18,21H,2,12-15H2,1H3,(H,23,25)/t21-/m1/s1. The lowest BCUT2D eigenvalue weighted by Gasteiger charge is -2.18. The number of aryl methyl sites for hydroxylation is 1. The predicted molar refractivity (Wildman–Crippen MR) is 102 cm³/mol. The number of carbonyl (C=O) groups is 2. The summed E-state index contributed by atoms with van der Waals surface area (Å²) in [6, 6.07) is 17.0. The van der Waals surface area contributed by atoms with Crippen LogP contribution in [0.1, 0.15) is 43.4 Å². The zero-order valence-corrected chi connectivity index (χ0v) is 15.5. The number of nitrogens with one attached hydrogen (secondary N) is 1. The fraction of sp³-hybridized carbons (Fsp3) is 0.364. The summed E-state index contributed by atoms with van der Waals surface area (Å²) in [6.07, 6.45) is 1.73. The van der Waals surface area contributed by atoms with E-state index in [4.69, 9.17) is 9.47 Å². The van der Waals surface area contributed by atoms with Crippen LogP contribution in [0, 0.1) is 0 Å². The average Bonchev–Trinajstić information content (AvgIpc) is 3.50. The summed E-state index contributed by atoms with van der Waals surface area (Å²) in [5, 5.41) is 2.92. The summed E-state index contributed by atoms with van der Waals surface area (Å²) in [4.78, 5) is 25.0. The Kier molecular flexibility index (Phi) is 6.47. The first-order valence-corrected chi connectivity index (χ1v) is 9.43. The van der Waals surface area contributed by atoms with Crippen molar-refractivity contribution < 1.29 is 19.1 Å². The largest absolute Gasteiger partial charge is 0.494 e. The fourth-order valence-corrected chi connectivity index (χ4v) is 2.84. The van der Waals surface area contributed by atoms with E-state index in [0.717, 1.165) is 24.2 Å². The van der Waals surface area contributed by atoms with Crippen molar-refractivity contribution in [2.75, 3.05) is 6.61 Å². The number of benzene rings is 2. The summed E-state index contributed by atoms with van der Waals surface area (Å²) < 4.78 is 11.1. The molecule has 2 aromatic rings. The lowest BCUT2D eigenvalue weighted by atomic mass is 10.1. The van der Waals surface area contributed by atoms with Crippen molar-refractivity contribution in [2.24, 2.45) is 0 Å². The molecule has 27 heavy (non-hydrogen) atoms. The van der Waals surface area contributed by atoms with Gasteiger partial charge in [0.1, 0.15) is 5.75 Å². The summed E-state index contributed by atoms with van der Waals surface area (Å²) in [6.45, 7) is 2.49. The van der Waals surface area contributed by atoms with Gasteiger partial charge in [-0.2, -0.15) is 0 Å². The highest BCUT2D eigenvalue weighted by Gasteiger charge is 2.30. The van der Waals surface area contributed by atoms with E-state index in [0.29, 0.717) is 18.6 Å². The van der Waals surface area contributed by atoms with Gasteiger partial charge in [-0.05, 0) is 37.8 Å². The van der Waals surface area contributed by atoms with E-state index in [1.807, 2.05) is 49.4 Å². The van der Waals surface area contributed by atoms with E-state index in [2.05, 4.69) is 5.32 Å². The summed E-state index contributed by atoms with van der Waals surface area (Å²) in [5.41, 5.74) is 1.63. The molecular formula is C22H25NO4. The number of esters is 1. The van der Waals surface area contributed by atoms with Gasteiger partial charge in [0, 0.05) is 18.0 Å². The maximum Gasteiger partial charge on any atom is 0.307 e. The first kappa shape index (κ1) is 19.0. The van der Waals surface area contributed by atoms with Crippen LogP contribution in [0.5, 0.6) is 5.75 Å². The molecule has 1 amide bonds. The highest BCUT2D eigenvalue weighted by molar-refractivity contribution is 5.85. The van der Waals surface area contributed by atoms with Crippen LogP contribution in [0.25, 0.3) is 0 Å². The first-order valence-electron chi connectivity index (χ1n) is 9.43. The predicted octanol–water partition coefficient (Wildman–Crippen LogP) is 3.58. The van der Waals surface area contributed by atoms with Gasteiger partial charge in [-0.15, -0.1) is 0 Å². The summed E-state index contributed by atoms with van der Waals surface area (Å²) in [7, 11) is 0. The normalized spacial score (nSPS) is 14.3. The third-order valence-electron chi connectivity index (χ3n) is 4.38. The monoisotopic (exact) mass is 367 g/mol. The fourth-order valence-electron chi connectivity index (χ4n) is 2.84. The van der Waals surface area contributed by atoms with Crippen molar-refractivity contribution in [3.8, 4) is 5.75 Å². The van der Waals surface area contributed by atoms with Gasteiger partial charge in [-0.1, -0.05) is 48.5 Å². The Balaban J connectivity index is 1.63. The molecule has 1 N–H and O–H groups in total. The van der Waals surface area contributed by atoms with Gasteiger partial charge < -0.3 is 14.8 Å². The molecule has 2 aromatic carbocycles. The van der Waals surface area contributed by atoms with Crippen LogP contribution in [0.2, 0.25) is 0 Å². The van der Waals surface area contributed by atoms with E-state index in [-0.39, 0.29) is 18.4 Å². The minimum absolute atomic E-state index is 0.185. The molecule has 5 heteroatoms. The van der Waals surface area contributed by atoms with Gasteiger partial charge in [0.2, 0.25) is 6.10 Å². The SMILES string of the molecule is CCOc1ccccc1CCC(=O)O[C@@H](C(=O)NC1CC1)c1ccccc1. The Morgan fingerprint density at radius 2 is 1.78 bits per heavy atom. The third-order valence-corrected chi connectivity index (χ3v) is 4.38. The van der Waals surface area contributed by atoms with E-state index in [1.54, 1.807) is 12.1 Å². The maximum atomic E-state index is 12.5. The van der Waals surface area contributed by atoms with E-state index < -0.39 is 12.1 Å². The Bertz CT molecular complexity index is 771. The summed E-state index contributed by atoms with van der Waals surface area (Å²) >= 11 is 0. The summed E-state index contributed by atoms with van der Waals surface area (Å²) in [5.74, 6) is 0.117. The van der Waals surface area contributed by atoms with Gasteiger partial charge >= 0.3 is 5.97 Å². The minimum Gasteiger partial charge on any atom is -0.494 e. The zero-order chi connectivity index (χ0) is 19.1. The quantitative estimate of drug-likeness (QED) is 0.688. The molecule has 0 unspecified atom stereocenters. The van der Waals surface area contributed by atoms with Crippen LogP contribution in [0.15, 0.2) is 54.6 Å². The van der Waals surface area contributed by atoms with Gasteiger partial charge in [-0.3, -0.25) is 9.59 Å². The molecule has 1 aliphatic rings. The molecule has 0 bridgehead atoms. The Morgan fingerprint density at radius 3 is 2.48 bits per heavy atom. The zero-order valence-electron chi connectivity index (χ0n) is 15.5. The number of carbonyl (C=O) groups excluding carboxylic acids is 2. The lowest BCUT2D eigenvalue weighted by molar-refractivity contribution is -0.156. The molecule has 0 radical (unpaired) electrons. The molecule has 0 spiro atoms. The maximum absolute atomic E-state index is 12.5. The van der Waals surface area contributed by atoms with Crippen LogP contribution in [0.3, 0.4) is 0 Å². The van der Waals surface area contributed by atoms with Crippen LogP contribution >= 0.6 is 0 Å². The Labute approximate surface area is 159 Å². The second kappa shape index (κ2) is 9.21. The molecule has 0 aromatic heterocycles. The van der Waals surface area contributed by atoms with Crippen molar-refractivity contribution in [1.29, 1.82) is 0 Å². The molecule has 1 fully saturated rings. The van der Waals surface area contributed by atoms with E-state index in [1.165, 1.54) is 0 Å². The molecule has 0 heterocycles. The topological polar surface area (TPSA) is 64.6 Å². The third kappa shape index (κ3) is 5.58. The Hall–Kier alpha value is -2.82. The van der Waals surface area contributed by atoms with Crippen molar-refractivity contribution in [3.63, 3.8) is 0 Å². The van der Waals surface area contributed by atoms with Crippen LogP contribution in [0.4, 0.5) is 0 Å². The number of ether oxygens (including phenoxy) is 2. The van der Waals surface area contributed by atoms with Crippen molar-refractivity contribution >= 4 is 11.9 Å². The number of amides is 1. The molecule has 1 saturated carbocycles. The molecule has 3 rings (SSSR count). The highest BCUT2D eigenvalue weighted by atomic mass is 16.5. The number of hydrogen-bond donors (Lipinski definition) is 1. The van der Waals surface area contributed by atoms with Crippen LogP contribution in [-0.2, 0) is 20.7 Å². The second-order valence-corrected chi connectivity index (χ2v) is 6.60. The van der Waals surface area contributed by atoms with E-state index >= 15 is 0 Å². The van der Waals surface area contributed by atoms with Crippen molar-refractivity contribution in [2.45, 2.75) is 44.8 Å². The van der Waals surface area contributed by atoms with Crippen LogP contribution in [-0.4, -0.2) is 24.5 Å². The molecule has 1 atom stereocenters. The van der Waals surface area contributed by atoms with E-state index in [9.17, 15) is 9.59 Å². The van der Waals surface area contributed by atoms with Gasteiger partial charge in [0.15, 0.2) is 0 Å². The number of para-hydroxylation sites is 1. The lowest BCUT2D eigenvalue weighted by Crippen LogP contribution is -2.33. The minimum atomic E-state index is -0.915. The molecule has 1 aliphatic carbocycles. The molecular weight excluding hydrogens is 342 g/mol. The Morgan fingerprint density at radius 1 is 1.07 bits per heavy atom.